The Hall–Kier alpha value is -1.13. The number of hydrogen-bond acceptors (Lipinski definition) is 4. The van der Waals surface area contributed by atoms with E-state index in [0.29, 0.717) is 0 Å². The van der Waals surface area contributed by atoms with Gasteiger partial charge >= 0.3 is 0 Å². The van der Waals surface area contributed by atoms with Crippen molar-refractivity contribution in [2.45, 2.75) is 13.3 Å². The molecule has 0 fully saturated rings. The molecule has 78 valence electrons. The highest BCUT2D eigenvalue weighted by atomic mass is 32.1. The van der Waals surface area contributed by atoms with E-state index in [1.54, 1.807) is 11.3 Å². The topological polar surface area (TPSA) is 32.6 Å². The van der Waals surface area contributed by atoms with Gasteiger partial charge in [0.05, 0.1) is 6.21 Å². The summed E-state index contributed by atoms with van der Waals surface area (Å²) in [6, 6.07) is 8.34. The quantitative estimate of drug-likeness (QED) is 0.491. The molecule has 0 saturated carbocycles. The van der Waals surface area contributed by atoms with Gasteiger partial charge < -0.3 is 5.21 Å². The van der Waals surface area contributed by atoms with Gasteiger partial charge in [0.25, 0.3) is 0 Å². The second kappa shape index (κ2) is 4.59. The molecule has 2 aromatic rings. The lowest BCUT2D eigenvalue weighted by Crippen LogP contribution is -1.67. The molecule has 0 aliphatic rings. The molecular formula is C11H11NOS2. The smallest absolute Gasteiger partial charge is 0.0833 e. The molecule has 4 heteroatoms. The maximum atomic E-state index is 8.42. The first-order chi connectivity index (χ1) is 7.33. The summed E-state index contributed by atoms with van der Waals surface area (Å²) < 4.78 is 0. The van der Waals surface area contributed by atoms with E-state index in [2.05, 4.69) is 30.3 Å². The Labute approximate surface area is 96.5 Å². The normalized spacial score (nSPS) is 11.3. The third-order valence-electron chi connectivity index (χ3n) is 2.06. The van der Waals surface area contributed by atoms with Crippen LogP contribution in [-0.2, 0) is 6.42 Å². The van der Waals surface area contributed by atoms with Crippen molar-refractivity contribution in [1.29, 1.82) is 0 Å². The third kappa shape index (κ3) is 2.27. The van der Waals surface area contributed by atoms with Crippen molar-refractivity contribution in [2.75, 3.05) is 0 Å². The molecule has 0 aliphatic heterocycles. The van der Waals surface area contributed by atoms with Crippen LogP contribution >= 0.6 is 22.7 Å². The lowest BCUT2D eigenvalue weighted by molar-refractivity contribution is 0.322. The van der Waals surface area contributed by atoms with E-state index in [1.807, 2.05) is 17.4 Å². The highest BCUT2D eigenvalue weighted by Gasteiger charge is 2.04. The average molecular weight is 237 g/mol. The molecule has 0 spiro atoms. The lowest BCUT2D eigenvalue weighted by atomic mass is 10.3. The van der Waals surface area contributed by atoms with Gasteiger partial charge in [-0.1, -0.05) is 12.1 Å². The van der Waals surface area contributed by atoms with Crippen molar-refractivity contribution in [3.05, 3.63) is 34.0 Å². The molecule has 0 aliphatic carbocycles. The van der Waals surface area contributed by atoms with E-state index in [9.17, 15) is 0 Å². The Bertz CT molecular complexity index is 470. The number of thiophene rings is 2. The fraction of sp³-hybridized carbons (Fsp3) is 0.182. The summed E-state index contributed by atoms with van der Waals surface area (Å²) in [5.74, 6) is 0. The average Bonchev–Trinajstić information content (AvgIpc) is 2.85. The molecule has 2 rings (SSSR count). The zero-order valence-electron chi connectivity index (χ0n) is 8.30. The molecule has 0 amide bonds. The van der Waals surface area contributed by atoms with Crippen molar-refractivity contribution < 1.29 is 5.21 Å². The van der Waals surface area contributed by atoms with Gasteiger partial charge in [-0.25, -0.2) is 0 Å². The molecule has 0 radical (unpaired) electrons. The van der Waals surface area contributed by atoms with Crippen LogP contribution in [0.5, 0.6) is 0 Å². The summed E-state index contributed by atoms with van der Waals surface area (Å²) in [7, 11) is 0. The first-order valence-corrected chi connectivity index (χ1v) is 6.33. The van der Waals surface area contributed by atoms with Crippen molar-refractivity contribution >= 4 is 28.9 Å². The van der Waals surface area contributed by atoms with Gasteiger partial charge in [-0.15, -0.1) is 22.7 Å². The maximum Gasteiger partial charge on any atom is 0.0833 e. The predicted molar refractivity (Wildman–Crippen MR) is 66.4 cm³/mol. The monoisotopic (exact) mass is 237 g/mol. The van der Waals surface area contributed by atoms with Crippen LogP contribution in [0.4, 0.5) is 0 Å². The number of nitrogens with zero attached hydrogens (tertiary/aromatic N) is 1. The van der Waals surface area contributed by atoms with Crippen LogP contribution in [0.15, 0.2) is 29.4 Å². The Morgan fingerprint density at radius 2 is 1.93 bits per heavy atom. The predicted octanol–water partition coefficient (Wildman–Crippen LogP) is 3.85. The number of hydrogen-bond donors (Lipinski definition) is 1. The van der Waals surface area contributed by atoms with Crippen molar-refractivity contribution in [3.63, 3.8) is 0 Å². The first-order valence-electron chi connectivity index (χ1n) is 4.70. The van der Waals surface area contributed by atoms with E-state index in [-0.39, 0.29) is 0 Å². The van der Waals surface area contributed by atoms with E-state index in [4.69, 9.17) is 5.21 Å². The van der Waals surface area contributed by atoms with Gasteiger partial charge in [-0.2, -0.15) is 0 Å². The fourth-order valence-corrected chi connectivity index (χ4v) is 3.22. The molecule has 1 N–H and O–H groups in total. The van der Waals surface area contributed by atoms with Crippen LogP contribution in [0, 0.1) is 0 Å². The van der Waals surface area contributed by atoms with Gasteiger partial charge in [0.1, 0.15) is 0 Å². The zero-order chi connectivity index (χ0) is 10.7. The van der Waals surface area contributed by atoms with Gasteiger partial charge in [-0.05, 0) is 30.7 Å². The van der Waals surface area contributed by atoms with Crippen molar-refractivity contribution in [1.82, 2.24) is 0 Å². The van der Waals surface area contributed by atoms with Crippen LogP contribution in [0.3, 0.4) is 0 Å². The second-order valence-corrected chi connectivity index (χ2v) is 5.35. The molecule has 0 saturated heterocycles. The Morgan fingerprint density at radius 3 is 2.60 bits per heavy atom. The summed E-state index contributed by atoms with van der Waals surface area (Å²) in [6.45, 7) is 2.16. The molecule has 2 nitrogen and oxygen atoms in total. The largest absolute Gasteiger partial charge is 0.411 e. The molecule has 2 aromatic heterocycles. The molecular weight excluding hydrogens is 226 g/mol. The minimum atomic E-state index is 0.971. The summed E-state index contributed by atoms with van der Waals surface area (Å²) in [5.41, 5.74) is 0. The summed E-state index contributed by atoms with van der Waals surface area (Å²) in [6.07, 6.45) is 2.55. The lowest BCUT2D eigenvalue weighted by Gasteiger charge is -1.88. The third-order valence-corrected chi connectivity index (χ3v) is 4.51. The summed E-state index contributed by atoms with van der Waals surface area (Å²) in [5, 5.41) is 11.4. The Balaban J connectivity index is 2.28. The highest BCUT2D eigenvalue weighted by Crippen LogP contribution is 2.33. The van der Waals surface area contributed by atoms with Crippen molar-refractivity contribution in [3.8, 4) is 9.75 Å². The minimum absolute atomic E-state index is 0.971. The summed E-state index contributed by atoms with van der Waals surface area (Å²) >= 11 is 3.46. The molecule has 15 heavy (non-hydrogen) atoms. The molecule has 0 aromatic carbocycles. The van der Waals surface area contributed by atoms with E-state index in [1.165, 1.54) is 20.8 Å². The highest BCUT2D eigenvalue weighted by molar-refractivity contribution is 7.22. The molecule has 0 atom stereocenters. The van der Waals surface area contributed by atoms with E-state index < -0.39 is 0 Å². The fourth-order valence-electron chi connectivity index (χ4n) is 1.31. The number of aryl methyl sites for hydroxylation is 1. The van der Waals surface area contributed by atoms with Crippen LogP contribution in [-0.4, -0.2) is 11.4 Å². The van der Waals surface area contributed by atoms with Gasteiger partial charge in [0.2, 0.25) is 0 Å². The Kier molecular flexibility index (Phi) is 3.18. The Morgan fingerprint density at radius 1 is 1.20 bits per heavy atom. The number of oxime groups is 1. The van der Waals surface area contributed by atoms with Gasteiger partial charge in [-0.3, -0.25) is 0 Å². The van der Waals surface area contributed by atoms with Crippen LogP contribution in [0.25, 0.3) is 9.75 Å². The van der Waals surface area contributed by atoms with E-state index >= 15 is 0 Å². The number of rotatable bonds is 3. The van der Waals surface area contributed by atoms with Crippen LogP contribution < -0.4 is 0 Å². The van der Waals surface area contributed by atoms with Crippen molar-refractivity contribution in [2.24, 2.45) is 5.16 Å². The molecule has 2 heterocycles. The minimum Gasteiger partial charge on any atom is -0.411 e. The molecule has 0 bridgehead atoms. The molecule has 0 unspecified atom stereocenters. The van der Waals surface area contributed by atoms with Crippen LogP contribution in [0.1, 0.15) is 16.7 Å². The standard InChI is InChI=1S/C11H11NOS2/c1-2-8-3-5-10(14-8)11-6-4-9(15-11)7-12-13/h3-7,13H,2H2,1H3/b12-7+. The SMILES string of the molecule is CCc1ccc(-c2ccc(/C=N/O)s2)s1. The van der Waals surface area contributed by atoms with Gasteiger partial charge in [0.15, 0.2) is 0 Å². The first kappa shape index (κ1) is 10.4. The van der Waals surface area contributed by atoms with Crippen LogP contribution in [0.2, 0.25) is 0 Å². The zero-order valence-corrected chi connectivity index (χ0v) is 9.94. The second-order valence-electron chi connectivity index (χ2n) is 3.07. The summed E-state index contributed by atoms with van der Waals surface area (Å²) in [4.78, 5) is 4.89. The maximum absolute atomic E-state index is 8.42. The van der Waals surface area contributed by atoms with Gasteiger partial charge in [0, 0.05) is 19.5 Å². The van der Waals surface area contributed by atoms with E-state index in [0.717, 1.165) is 11.3 Å².